The van der Waals surface area contributed by atoms with E-state index in [1.165, 1.54) is 11.1 Å². The number of aryl methyl sites for hydroxylation is 1. The van der Waals surface area contributed by atoms with Crippen LogP contribution in [0.1, 0.15) is 40.7 Å². The minimum atomic E-state index is -0.791. The number of carbonyl (C=O) groups excluding carboxylic acids is 1. The van der Waals surface area contributed by atoms with Crippen molar-refractivity contribution in [3.05, 3.63) is 34.9 Å². The van der Waals surface area contributed by atoms with Crippen molar-refractivity contribution in [3.8, 4) is 0 Å². The summed E-state index contributed by atoms with van der Waals surface area (Å²) >= 11 is 0. The fraction of sp³-hybridized carbons (Fsp3) is 0.500. The van der Waals surface area contributed by atoms with Crippen LogP contribution in [0.5, 0.6) is 0 Å². The lowest BCUT2D eigenvalue weighted by Gasteiger charge is -2.31. The van der Waals surface area contributed by atoms with Gasteiger partial charge in [-0.3, -0.25) is 9.59 Å². The molecule has 0 saturated carbocycles. The fourth-order valence-electron chi connectivity index (χ4n) is 3.35. The van der Waals surface area contributed by atoms with Crippen LogP contribution in [-0.4, -0.2) is 35.0 Å². The predicted octanol–water partition coefficient (Wildman–Crippen LogP) is 2.11. The number of piperidine rings is 1. The summed E-state index contributed by atoms with van der Waals surface area (Å²) in [6.45, 7) is 1.02. The fourth-order valence-corrected chi connectivity index (χ4v) is 3.35. The number of benzene rings is 1. The van der Waals surface area contributed by atoms with Gasteiger partial charge >= 0.3 is 5.97 Å². The Labute approximate surface area is 118 Å². The molecule has 1 aromatic rings. The van der Waals surface area contributed by atoms with E-state index >= 15 is 0 Å². The molecular weight excluding hydrogens is 254 g/mol. The van der Waals surface area contributed by atoms with E-state index in [-0.39, 0.29) is 5.91 Å². The van der Waals surface area contributed by atoms with Gasteiger partial charge in [0.2, 0.25) is 0 Å². The highest BCUT2D eigenvalue weighted by atomic mass is 16.4. The first-order valence-corrected chi connectivity index (χ1v) is 7.29. The highest BCUT2D eigenvalue weighted by Crippen LogP contribution is 2.27. The van der Waals surface area contributed by atoms with Gasteiger partial charge in [-0.2, -0.15) is 0 Å². The summed E-state index contributed by atoms with van der Waals surface area (Å²) in [6.07, 6.45) is 4.57. The molecule has 1 aliphatic carbocycles. The Kier molecular flexibility index (Phi) is 3.47. The van der Waals surface area contributed by atoms with Crippen molar-refractivity contribution in [2.75, 3.05) is 13.1 Å². The Morgan fingerprint density at radius 2 is 2.05 bits per heavy atom. The molecule has 1 saturated heterocycles. The van der Waals surface area contributed by atoms with Gasteiger partial charge in [0.15, 0.2) is 0 Å². The number of hydrogen-bond donors (Lipinski definition) is 1. The van der Waals surface area contributed by atoms with E-state index in [2.05, 4.69) is 6.07 Å². The van der Waals surface area contributed by atoms with Gasteiger partial charge in [0.05, 0.1) is 5.92 Å². The number of hydrogen-bond acceptors (Lipinski definition) is 2. The largest absolute Gasteiger partial charge is 0.481 e. The van der Waals surface area contributed by atoms with Crippen molar-refractivity contribution in [3.63, 3.8) is 0 Å². The van der Waals surface area contributed by atoms with Gasteiger partial charge in [-0.25, -0.2) is 0 Å². The minimum Gasteiger partial charge on any atom is -0.481 e. The van der Waals surface area contributed by atoms with E-state index in [1.807, 2.05) is 12.1 Å². The lowest BCUT2D eigenvalue weighted by Crippen LogP contribution is -2.42. The quantitative estimate of drug-likeness (QED) is 0.898. The molecule has 20 heavy (non-hydrogen) atoms. The van der Waals surface area contributed by atoms with Crippen molar-refractivity contribution >= 4 is 11.9 Å². The summed E-state index contributed by atoms with van der Waals surface area (Å²) < 4.78 is 0. The molecule has 2 aliphatic rings. The van der Waals surface area contributed by atoms with Crippen molar-refractivity contribution < 1.29 is 14.7 Å². The molecule has 0 bridgehead atoms. The molecule has 4 nitrogen and oxygen atoms in total. The second-order valence-corrected chi connectivity index (χ2v) is 5.73. The molecule has 106 valence electrons. The maximum absolute atomic E-state index is 12.7. The van der Waals surface area contributed by atoms with Crippen molar-refractivity contribution in [1.82, 2.24) is 4.90 Å². The Morgan fingerprint density at radius 3 is 2.85 bits per heavy atom. The van der Waals surface area contributed by atoms with Crippen molar-refractivity contribution in [2.24, 2.45) is 5.92 Å². The first-order valence-electron chi connectivity index (χ1n) is 7.29. The van der Waals surface area contributed by atoms with Gasteiger partial charge in [-0.05, 0) is 49.3 Å². The van der Waals surface area contributed by atoms with Gasteiger partial charge < -0.3 is 10.0 Å². The minimum absolute atomic E-state index is 0.00898. The number of amides is 1. The highest BCUT2D eigenvalue weighted by Gasteiger charge is 2.30. The van der Waals surface area contributed by atoms with Crippen LogP contribution in [0.2, 0.25) is 0 Å². The number of carboxylic acid groups (broad SMARTS) is 1. The smallest absolute Gasteiger partial charge is 0.308 e. The van der Waals surface area contributed by atoms with Crippen molar-refractivity contribution in [1.29, 1.82) is 0 Å². The SMILES string of the molecule is O=C(O)[C@H]1CCCN(C(=O)c2cccc3c2CCC3)C1. The van der Waals surface area contributed by atoms with E-state index < -0.39 is 11.9 Å². The van der Waals surface area contributed by atoms with Crippen LogP contribution >= 0.6 is 0 Å². The van der Waals surface area contributed by atoms with Crippen LogP contribution in [0.3, 0.4) is 0 Å². The number of rotatable bonds is 2. The molecule has 1 aliphatic heterocycles. The normalized spacial score (nSPS) is 21.6. The molecule has 0 radical (unpaired) electrons. The van der Waals surface area contributed by atoms with Gasteiger partial charge in [-0.1, -0.05) is 12.1 Å². The second-order valence-electron chi connectivity index (χ2n) is 5.73. The molecule has 1 aromatic carbocycles. The lowest BCUT2D eigenvalue weighted by atomic mass is 9.96. The van der Waals surface area contributed by atoms with Gasteiger partial charge in [0, 0.05) is 18.7 Å². The Bertz CT molecular complexity index is 553. The van der Waals surface area contributed by atoms with Gasteiger partial charge in [0.25, 0.3) is 5.91 Å². The topological polar surface area (TPSA) is 57.6 Å². The molecule has 1 N–H and O–H groups in total. The third-order valence-corrected chi connectivity index (χ3v) is 4.43. The molecule has 1 heterocycles. The van der Waals surface area contributed by atoms with Crippen LogP contribution in [0.25, 0.3) is 0 Å². The summed E-state index contributed by atoms with van der Waals surface area (Å²) in [7, 11) is 0. The number of fused-ring (bicyclic) bond motifs is 1. The first-order chi connectivity index (χ1) is 9.66. The third kappa shape index (κ3) is 2.30. The van der Waals surface area contributed by atoms with Crippen LogP contribution in [0.15, 0.2) is 18.2 Å². The summed E-state index contributed by atoms with van der Waals surface area (Å²) in [5.41, 5.74) is 3.24. The van der Waals surface area contributed by atoms with E-state index in [4.69, 9.17) is 5.11 Å². The first kappa shape index (κ1) is 13.2. The second kappa shape index (κ2) is 5.27. The Hall–Kier alpha value is -1.84. The summed E-state index contributed by atoms with van der Waals surface area (Å²) in [4.78, 5) is 25.5. The number of nitrogens with zero attached hydrogens (tertiary/aromatic N) is 1. The zero-order valence-corrected chi connectivity index (χ0v) is 11.5. The van der Waals surface area contributed by atoms with Gasteiger partial charge in [0.1, 0.15) is 0 Å². The number of aliphatic carboxylic acids is 1. The zero-order valence-electron chi connectivity index (χ0n) is 11.5. The van der Waals surface area contributed by atoms with Crippen LogP contribution in [-0.2, 0) is 17.6 Å². The average molecular weight is 273 g/mol. The molecular formula is C16H19NO3. The van der Waals surface area contributed by atoms with E-state index in [0.717, 1.165) is 31.2 Å². The van der Waals surface area contributed by atoms with E-state index in [9.17, 15) is 9.59 Å². The van der Waals surface area contributed by atoms with Crippen LogP contribution in [0, 0.1) is 5.92 Å². The number of carbonyl (C=O) groups is 2. The van der Waals surface area contributed by atoms with Crippen LogP contribution < -0.4 is 0 Å². The zero-order chi connectivity index (χ0) is 14.1. The van der Waals surface area contributed by atoms with Crippen molar-refractivity contribution in [2.45, 2.75) is 32.1 Å². The lowest BCUT2D eigenvalue weighted by molar-refractivity contribution is -0.143. The standard InChI is InChI=1S/C16H19NO3/c18-15(17-9-3-6-12(10-17)16(19)20)14-8-2-5-11-4-1-7-13(11)14/h2,5,8,12H,1,3-4,6-7,9-10H2,(H,19,20)/t12-/m0/s1. The molecule has 1 amide bonds. The number of carboxylic acids is 1. The molecule has 0 unspecified atom stereocenters. The molecule has 1 fully saturated rings. The molecule has 0 spiro atoms. The molecule has 0 aromatic heterocycles. The van der Waals surface area contributed by atoms with Gasteiger partial charge in [-0.15, -0.1) is 0 Å². The summed E-state index contributed by atoms with van der Waals surface area (Å²) in [5.74, 6) is -1.19. The van der Waals surface area contributed by atoms with E-state index in [0.29, 0.717) is 19.5 Å². The monoisotopic (exact) mass is 273 g/mol. The summed E-state index contributed by atoms with van der Waals surface area (Å²) in [6, 6.07) is 5.92. The molecule has 4 heteroatoms. The third-order valence-electron chi connectivity index (χ3n) is 4.43. The average Bonchev–Trinajstić information content (AvgIpc) is 2.95. The van der Waals surface area contributed by atoms with E-state index in [1.54, 1.807) is 4.90 Å². The predicted molar refractivity (Wildman–Crippen MR) is 74.7 cm³/mol. The highest BCUT2D eigenvalue weighted by molar-refractivity contribution is 5.96. The Balaban J connectivity index is 1.82. The Morgan fingerprint density at radius 1 is 1.20 bits per heavy atom. The maximum Gasteiger partial charge on any atom is 0.308 e. The summed E-state index contributed by atoms with van der Waals surface area (Å²) in [5, 5.41) is 9.13. The maximum atomic E-state index is 12.7. The molecule has 1 atom stereocenters. The number of likely N-dealkylation sites (tertiary alicyclic amines) is 1. The molecule has 3 rings (SSSR count). The van der Waals surface area contributed by atoms with Crippen LogP contribution in [0.4, 0.5) is 0 Å².